The zero-order valence-electron chi connectivity index (χ0n) is 22.7. The SMILES string of the molecule is Clc1c2ccccc2nc2cc(-c3ccccc3)ccc12.Nc1c2ccccc2nc2cc(-c3ccccc3)ccc12. The predicted molar refractivity (Wildman–Crippen MR) is 179 cm³/mol. The summed E-state index contributed by atoms with van der Waals surface area (Å²) in [6, 6.07) is 49.1. The van der Waals surface area contributed by atoms with Crippen molar-refractivity contribution in [1.82, 2.24) is 9.97 Å². The van der Waals surface area contributed by atoms with Gasteiger partial charge in [0.05, 0.1) is 32.8 Å². The van der Waals surface area contributed by atoms with Gasteiger partial charge < -0.3 is 5.73 Å². The van der Waals surface area contributed by atoms with E-state index in [1.807, 2.05) is 84.9 Å². The van der Waals surface area contributed by atoms with Gasteiger partial charge in [-0.05, 0) is 46.5 Å². The predicted octanol–water partition coefficient (Wildman–Crippen LogP) is 10.3. The topological polar surface area (TPSA) is 51.8 Å². The highest BCUT2D eigenvalue weighted by atomic mass is 35.5. The van der Waals surface area contributed by atoms with Crippen LogP contribution in [0.15, 0.2) is 146 Å². The van der Waals surface area contributed by atoms with Crippen molar-refractivity contribution in [2.75, 3.05) is 5.73 Å². The van der Waals surface area contributed by atoms with Gasteiger partial charge in [0.25, 0.3) is 0 Å². The molecule has 3 nitrogen and oxygen atoms in total. The number of fused-ring (bicyclic) bond motifs is 4. The van der Waals surface area contributed by atoms with Crippen molar-refractivity contribution in [2.45, 2.75) is 0 Å². The van der Waals surface area contributed by atoms with Crippen molar-refractivity contribution in [2.24, 2.45) is 0 Å². The number of rotatable bonds is 2. The van der Waals surface area contributed by atoms with Gasteiger partial charge in [-0.25, -0.2) is 9.97 Å². The summed E-state index contributed by atoms with van der Waals surface area (Å²) in [4.78, 5) is 9.48. The van der Waals surface area contributed by atoms with E-state index >= 15 is 0 Å². The Balaban J connectivity index is 0.000000137. The smallest absolute Gasteiger partial charge is 0.0736 e. The lowest BCUT2D eigenvalue weighted by molar-refractivity contribution is 1.49. The number of halogens is 1. The van der Waals surface area contributed by atoms with Crippen LogP contribution >= 0.6 is 11.6 Å². The Bertz CT molecular complexity index is 2050. The van der Waals surface area contributed by atoms with Crippen molar-refractivity contribution < 1.29 is 0 Å². The quantitative estimate of drug-likeness (QED) is 0.214. The van der Waals surface area contributed by atoms with Crippen LogP contribution in [0.4, 0.5) is 5.69 Å². The number of nitrogens with two attached hydrogens (primary N) is 1. The summed E-state index contributed by atoms with van der Waals surface area (Å²) in [5.41, 5.74) is 15.5. The van der Waals surface area contributed by atoms with Crippen LogP contribution in [0, 0.1) is 0 Å². The highest BCUT2D eigenvalue weighted by Gasteiger charge is 2.09. The highest BCUT2D eigenvalue weighted by molar-refractivity contribution is 6.40. The summed E-state index contributed by atoms with van der Waals surface area (Å²) in [7, 11) is 0. The number of para-hydroxylation sites is 2. The van der Waals surface area contributed by atoms with Gasteiger partial charge in [0, 0.05) is 21.5 Å². The monoisotopic (exact) mass is 559 g/mol. The van der Waals surface area contributed by atoms with Crippen molar-refractivity contribution in [1.29, 1.82) is 0 Å². The van der Waals surface area contributed by atoms with E-state index in [0.29, 0.717) is 0 Å². The van der Waals surface area contributed by atoms with Crippen LogP contribution in [0.1, 0.15) is 0 Å². The molecule has 0 unspecified atom stereocenters. The van der Waals surface area contributed by atoms with Crippen LogP contribution in [0.5, 0.6) is 0 Å². The average molecular weight is 560 g/mol. The molecule has 42 heavy (non-hydrogen) atoms. The van der Waals surface area contributed by atoms with Crippen LogP contribution in [0.3, 0.4) is 0 Å². The van der Waals surface area contributed by atoms with Crippen LogP contribution in [-0.2, 0) is 0 Å². The van der Waals surface area contributed by atoms with Crippen molar-refractivity contribution in [3.05, 3.63) is 151 Å². The van der Waals surface area contributed by atoms with Crippen LogP contribution in [0.2, 0.25) is 5.02 Å². The molecule has 0 atom stereocenters. The molecular formula is C38H26ClN3. The second-order valence-corrected chi connectivity index (χ2v) is 10.6. The molecule has 0 saturated heterocycles. The van der Waals surface area contributed by atoms with E-state index in [4.69, 9.17) is 27.3 Å². The number of anilines is 1. The van der Waals surface area contributed by atoms with Gasteiger partial charge in [0.15, 0.2) is 0 Å². The molecule has 0 bridgehead atoms. The van der Waals surface area contributed by atoms with Crippen molar-refractivity contribution in [3.63, 3.8) is 0 Å². The summed E-state index contributed by atoms with van der Waals surface area (Å²) >= 11 is 6.53. The molecule has 2 aromatic heterocycles. The first kappa shape index (κ1) is 25.7. The molecule has 6 aromatic carbocycles. The summed E-state index contributed by atoms with van der Waals surface area (Å²) < 4.78 is 0. The van der Waals surface area contributed by atoms with Crippen molar-refractivity contribution in [3.8, 4) is 22.3 Å². The number of benzene rings is 6. The third-order valence-corrected chi connectivity index (χ3v) is 7.96. The minimum absolute atomic E-state index is 0.773. The molecule has 0 fully saturated rings. The maximum atomic E-state index is 6.53. The molecule has 0 aliphatic carbocycles. The zero-order chi connectivity index (χ0) is 28.5. The Kier molecular flexibility index (Phi) is 6.71. The third kappa shape index (κ3) is 4.81. The summed E-state index contributed by atoms with van der Waals surface area (Å²) in [5, 5.41) is 4.79. The first-order valence-corrected chi connectivity index (χ1v) is 14.2. The normalized spacial score (nSPS) is 11.1. The van der Waals surface area contributed by atoms with Gasteiger partial charge in [-0.15, -0.1) is 0 Å². The fraction of sp³-hybridized carbons (Fsp3) is 0. The lowest BCUT2D eigenvalue weighted by Crippen LogP contribution is -1.92. The molecule has 0 spiro atoms. The number of hydrogen-bond acceptors (Lipinski definition) is 3. The van der Waals surface area contributed by atoms with E-state index in [9.17, 15) is 0 Å². The van der Waals surface area contributed by atoms with E-state index in [2.05, 4.69) is 60.7 Å². The second-order valence-electron chi connectivity index (χ2n) is 10.2. The van der Waals surface area contributed by atoms with Gasteiger partial charge in [-0.1, -0.05) is 133 Å². The van der Waals surface area contributed by atoms with E-state index < -0.39 is 0 Å². The molecular weight excluding hydrogens is 534 g/mol. The Hall–Kier alpha value is -5.25. The van der Waals surface area contributed by atoms with Gasteiger partial charge in [0.1, 0.15) is 0 Å². The number of nitrogens with zero attached hydrogens (tertiary/aromatic N) is 2. The maximum Gasteiger partial charge on any atom is 0.0736 e. The summed E-state index contributed by atoms with van der Waals surface area (Å²) in [6.45, 7) is 0. The maximum absolute atomic E-state index is 6.53. The molecule has 0 aliphatic rings. The zero-order valence-corrected chi connectivity index (χ0v) is 23.5. The van der Waals surface area contributed by atoms with Crippen LogP contribution in [0.25, 0.3) is 65.9 Å². The molecule has 0 aliphatic heterocycles. The fourth-order valence-corrected chi connectivity index (χ4v) is 5.71. The lowest BCUT2D eigenvalue weighted by atomic mass is 10.0. The number of aromatic nitrogens is 2. The molecule has 0 saturated carbocycles. The van der Waals surface area contributed by atoms with Gasteiger partial charge >= 0.3 is 0 Å². The number of nitrogen functional groups attached to an aromatic ring is 1. The molecule has 8 aromatic rings. The minimum atomic E-state index is 0.773. The molecule has 2 N–H and O–H groups in total. The molecule has 0 radical (unpaired) electrons. The van der Waals surface area contributed by atoms with Crippen LogP contribution < -0.4 is 5.73 Å². The van der Waals surface area contributed by atoms with Gasteiger partial charge in [-0.3, -0.25) is 0 Å². The fourth-order valence-electron chi connectivity index (χ4n) is 5.39. The molecule has 8 rings (SSSR count). The first-order chi connectivity index (χ1) is 20.7. The average Bonchev–Trinajstić information content (AvgIpc) is 3.06. The van der Waals surface area contributed by atoms with E-state index in [1.165, 1.54) is 11.1 Å². The molecule has 4 heteroatoms. The molecule has 0 amide bonds. The van der Waals surface area contributed by atoms with Gasteiger partial charge in [0.2, 0.25) is 0 Å². The largest absolute Gasteiger partial charge is 0.398 e. The van der Waals surface area contributed by atoms with E-state index in [1.54, 1.807) is 0 Å². The number of hydrogen-bond donors (Lipinski definition) is 1. The number of pyridine rings is 2. The van der Waals surface area contributed by atoms with E-state index in [-0.39, 0.29) is 0 Å². The van der Waals surface area contributed by atoms with Gasteiger partial charge in [-0.2, -0.15) is 0 Å². The van der Waals surface area contributed by atoms with Crippen molar-refractivity contribution >= 4 is 60.9 Å². The second kappa shape index (κ2) is 11.0. The van der Waals surface area contributed by atoms with E-state index in [0.717, 1.165) is 65.4 Å². The summed E-state index contributed by atoms with van der Waals surface area (Å²) in [6.07, 6.45) is 0. The summed E-state index contributed by atoms with van der Waals surface area (Å²) in [5.74, 6) is 0. The van der Waals surface area contributed by atoms with Crippen LogP contribution in [-0.4, -0.2) is 9.97 Å². The Morgan fingerprint density at radius 1 is 0.381 bits per heavy atom. The highest BCUT2D eigenvalue weighted by Crippen LogP contribution is 2.33. The first-order valence-electron chi connectivity index (χ1n) is 13.8. The standard InChI is InChI=1S/C19H12ClN.C19H14N2/c2*20-19-15-8-4-5-9-17(15)21-18-12-14(10-11-16(18)19)13-6-2-1-3-7-13/h1-12H;1-12H,(H2,20,21). The third-order valence-electron chi connectivity index (χ3n) is 7.55. The minimum Gasteiger partial charge on any atom is -0.398 e. The molecule has 2 heterocycles. The molecule has 200 valence electrons. The lowest BCUT2D eigenvalue weighted by Gasteiger charge is -2.08. The Labute approximate surface area is 248 Å². The Morgan fingerprint density at radius 2 is 0.786 bits per heavy atom. The Morgan fingerprint density at radius 3 is 1.38 bits per heavy atom.